The average molecular weight is 470 g/mol. The molecule has 1 heterocycles. The summed E-state index contributed by atoms with van der Waals surface area (Å²) in [6.45, 7) is 4.37. The topological polar surface area (TPSA) is 56.1 Å². The van der Waals surface area contributed by atoms with E-state index in [-0.39, 0.29) is 5.91 Å². The number of hydrogen-bond donors (Lipinski definition) is 1. The van der Waals surface area contributed by atoms with Gasteiger partial charge in [0.15, 0.2) is 0 Å². The molecule has 1 N–H and O–H groups in total. The van der Waals surface area contributed by atoms with E-state index in [9.17, 15) is 4.79 Å². The highest BCUT2D eigenvalue weighted by molar-refractivity contribution is 5.78. The number of aromatic nitrogens is 2. The molecule has 0 fully saturated rings. The Labute approximate surface area is 208 Å². The van der Waals surface area contributed by atoms with E-state index in [1.807, 2.05) is 48.5 Å². The van der Waals surface area contributed by atoms with E-state index in [1.165, 1.54) is 11.1 Å². The molecule has 0 radical (unpaired) electrons. The van der Waals surface area contributed by atoms with Crippen molar-refractivity contribution < 1.29 is 9.53 Å². The first-order valence-electron chi connectivity index (χ1n) is 12.6. The highest BCUT2D eigenvalue weighted by Crippen LogP contribution is 2.19. The Morgan fingerprint density at radius 3 is 2.49 bits per heavy atom. The lowest BCUT2D eigenvalue weighted by molar-refractivity contribution is -0.120. The first-order valence-corrected chi connectivity index (χ1v) is 12.6. The number of ether oxygens (including phenoxy) is 1. The molecule has 182 valence electrons. The van der Waals surface area contributed by atoms with E-state index in [0.717, 1.165) is 67.8 Å². The monoisotopic (exact) mass is 469 g/mol. The zero-order valence-electron chi connectivity index (χ0n) is 20.6. The van der Waals surface area contributed by atoms with Crippen LogP contribution < -0.4 is 10.1 Å². The van der Waals surface area contributed by atoms with Crippen molar-refractivity contribution in [2.45, 2.75) is 52.0 Å². The second-order valence-corrected chi connectivity index (χ2v) is 9.01. The number of carbonyl (C=O) groups is 1. The molecule has 35 heavy (non-hydrogen) atoms. The van der Waals surface area contributed by atoms with Crippen LogP contribution in [-0.2, 0) is 24.2 Å². The van der Waals surface area contributed by atoms with E-state index in [1.54, 1.807) is 0 Å². The minimum atomic E-state index is 0.0887. The van der Waals surface area contributed by atoms with Crippen LogP contribution in [0.4, 0.5) is 0 Å². The second-order valence-electron chi connectivity index (χ2n) is 9.01. The number of nitrogens with zero attached hydrogens (tertiary/aromatic N) is 2. The van der Waals surface area contributed by atoms with Crippen LogP contribution in [0.3, 0.4) is 0 Å². The fourth-order valence-electron chi connectivity index (χ4n) is 4.27. The molecule has 5 heteroatoms. The van der Waals surface area contributed by atoms with Crippen molar-refractivity contribution in [1.82, 2.24) is 14.9 Å². The zero-order chi connectivity index (χ0) is 24.3. The predicted octanol–water partition coefficient (Wildman–Crippen LogP) is 5.89. The predicted molar refractivity (Wildman–Crippen MR) is 142 cm³/mol. The molecule has 1 aromatic heterocycles. The lowest BCUT2D eigenvalue weighted by Crippen LogP contribution is -2.26. The number of hydrogen-bond acceptors (Lipinski definition) is 3. The van der Waals surface area contributed by atoms with Crippen LogP contribution in [0.25, 0.3) is 11.0 Å². The van der Waals surface area contributed by atoms with Gasteiger partial charge in [-0.2, -0.15) is 0 Å². The van der Waals surface area contributed by atoms with Gasteiger partial charge in [0.25, 0.3) is 0 Å². The number of rotatable bonds is 13. The lowest BCUT2D eigenvalue weighted by Gasteiger charge is -2.11. The molecule has 0 aliphatic rings. The van der Waals surface area contributed by atoms with Crippen LogP contribution in [0.2, 0.25) is 0 Å². The third-order valence-electron chi connectivity index (χ3n) is 6.16. The third kappa shape index (κ3) is 7.44. The summed E-state index contributed by atoms with van der Waals surface area (Å²) < 4.78 is 8.27. The van der Waals surface area contributed by atoms with Gasteiger partial charge in [-0.3, -0.25) is 4.79 Å². The van der Waals surface area contributed by atoms with E-state index in [2.05, 4.69) is 47.1 Å². The molecule has 0 spiro atoms. The minimum absolute atomic E-state index is 0.0887. The summed E-state index contributed by atoms with van der Waals surface area (Å²) >= 11 is 0. The Hall–Kier alpha value is -3.60. The third-order valence-corrected chi connectivity index (χ3v) is 6.16. The van der Waals surface area contributed by atoms with Crippen LogP contribution in [0.15, 0.2) is 78.9 Å². The summed E-state index contributed by atoms with van der Waals surface area (Å²) in [4.78, 5) is 17.0. The minimum Gasteiger partial charge on any atom is -0.494 e. The van der Waals surface area contributed by atoms with Gasteiger partial charge in [0.1, 0.15) is 11.6 Å². The lowest BCUT2D eigenvalue weighted by atomic mass is 10.1. The molecule has 0 aliphatic heterocycles. The second kappa shape index (κ2) is 12.7. The summed E-state index contributed by atoms with van der Waals surface area (Å²) in [5.41, 5.74) is 4.52. The van der Waals surface area contributed by atoms with E-state index in [0.29, 0.717) is 13.0 Å². The maximum Gasteiger partial charge on any atom is 0.224 e. The number of imidazole rings is 1. The van der Waals surface area contributed by atoms with Gasteiger partial charge in [-0.05, 0) is 56.0 Å². The van der Waals surface area contributed by atoms with Crippen molar-refractivity contribution in [3.05, 3.63) is 95.8 Å². The summed E-state index contributed by atoms with van der Waals surface area (Å²) in [6, 6.07) is 26.4. The van der Waals surface area contributed by atoms with E-state index >= 15 is 0 Å². The molecule has 1 amide bonds. The smallest absolute Gasteiger partial charge is 0.224 e. The molecule has 0 bridgehead atoms. The van der Waals surface area contributed by atoms with Crippen LogP contribution in [0.1, 0.15) is 42.6 Å². The normalized spacial score (nSPS) is 11.0. The molecule has 5 nitrogen and oxygen atoms in total. The molecule has 0 saturated carbocycles. The number of carbonyl (C=O) groups excluding carboxylic acids is 1. The molecule has 0 aliphatic carbocycles. The van der Waals surface area contributed by atoms with E-state index < -0.39 is 0 Å². The van der Waals surface area contributed by atoms with Crippen molar-refractivity contribution in [2.75, 3.05) is 13.2 Å². The molecule has 3 aromatic carbocycles. The number of fused-ring (bicyclic) bond motifs is 1. The SMILES string of the molecule is Cc1ccc(OCCCn2c(CCCCCNC(=O)Cc3ccccc3)nc3ccccc32)cc1. The molecule has 0 saturated heterocycles. The Morgan fingerprint density at radius 1 is 0.886 bits per heavy atom. The summed E-state index contributed by atoms with van der Waals surface area (Å²) in [5, 5.41) is 3.04. The molecule has 4 aromatic rings. The quantitative estimate of drug-likeness (QED) is 0.249. The average Bonchev–Trinajstić information content (AvgIpc) is 3.23. The maximum absolute atomic E-state index is 12.1. The highest BCUT2D eigenvalue weighted by atomic mass is 16.5. The van der Waals surface area contributed by atoms with Crippen molar-refractivity contribution >= 4 is 16.9 Å². The first-order chi connectivity index (χ1) is 17.2. The summed E-state index contributed by atoms with van der Waals surface area (Å²) in [6.07, 6.45) is 5.40. The van der Waals surface area contributed by atoms with Crippen molar-refractivity contribution in [3.8, 4) is 5.75 Å². The van der Waals surface area contributed by atoms with Crippen molar-refractivity contribution in [2.24, 2.45) is 0 Å². The number of para-hydroxylation sites is 2. The standard InChI is InChI=1S/C30H35N3O2/c1-24-16-18-26(19-17-24)35-22-10-21-33-28-14-8-7-13-27(28)32-29(33)15-6-3-9-20-31-30(34)23-25-11-4-2-5-12-25/h2,4-5,7-8,11-14,16-19H,3,6,9-10,15,20-23H2,1H3,(H,31,34). The van der Waals surface area contributed by atoms with Crippen LogP contribution in [0.5, 0.6) is 5.75 Å². The maximum atomic E-state index is 12.1. The van der Waals surface area contributed by atoms with Gasteiger partial charge in [-0.1, -0.05) is 66.6 Å². The van der Waals surface area contributed by atoms with Gasteiger partial charge in [0.2, 0.25) is 5.91 Å². The van der Waals surface area contributed by atoms with Gasteiger partial charge in [0.05, 0.1) is 24.1 Å². The largest absolute Gasteiger partial charge is 0.494 e. The van der Waals surface area contributed by atoms with E-state index in [4.69, 9.17) is 9.72 Å². The highest BCUT2D eigenvalue weighted by Gasteiger charge is 2.10. The van der Waals surface area contributed by atoms with Crippen LogP contribution in [0, 0.1) is 6.92 Å². The molecule has 4 rings (SSSR count). The molecular formula is C30H35N3O2. The van der Waals surface area contributed by atoms with Gasteiger partial charge >= 0.3 is 0 Å². The number of nitrogens with one attached hydrogen (secondary N) is 1. The number of unbranched alkanes of at least 4 members (excludes halogenated alkanes) is 2. The molecular weight excluding hydrogens is 434 g/mol. The first kappa shape index (κ1) is 24.5. The van der Waals surface area contributed by atoms with Gasteiger partial charge < -0.3 is 14.6 Å². The van der Waals surface area contributed by atoms with Gasteiger partial charge in [-0.15, -0.1) is 0 Å². The van der Waals surface area contributed by atoms with Crippen LogP contribution in [-0.4, -0.2) is 28.6 Å². The van der Waals surface area contributed by atoms with Crippen molar-refractivity contribution in [1.29, 1.82) is 0 Å². The van der Waals surface area contributed by atoms with Crippen molar-refractivity contribution in [3.63, 3.8) is 0 Å². The number of aryl methyl sites for hydroxylation is 3. The van der Waals surface area contributed by atoms with Crippen LogP contribution >= 0.6 is 0 Å². The zero-order valence-corrected chi connectivity index (χ0v) is 20.6. The Bertz CT molecular complexity index is 1200. The number of benzene rings is 3. The fraction of sp³-hybridized carbons (Fsp3) is 0.333. The Balaban J connectivity index is 1.21. The number of amides is 1. The Kier molecular flexibility index (Phi) is 8.93. The fourth-order valence-corrected chi connectivity index (χ4v) is 4.27. The van der Waals surface area contributed by atoms with Gasteiger partial charge in [-0.25, -0.2) is 4.98 Å². The molecule has 0 atom stereocenters. The molecule has 0 unspecified atom stereocenters. The Morgan fingerprint density at radius 2 is 1.66 bits per heavy atom. The van der Waals surface area contributed by atoms with Gasteiger partial charge in [0, 0.05) is 19.5 Å². The summed E-state index contributed by atoms with van der Waals surface area (Å²) in [7, 11) is 0. The summed E-state index contributed by atoms with van der Waals surface area (Å²) in [5.74, 6) is 2.14.